The molecule has 0 spiro atoms. The van der Waals surface area contributed by atoms with Crippen LogP contribution in [-0.4, -0.2) is 49.3 Å². The van der Waals surface area contributed by atoms with E-state index in [1.54, 1.807) is 6.20 Å². The Hall–Kier alpha value is -1.70. The third-order valence-electron chi connectivity index (χ3n) is 4.47. The lowest BCUT2D eigenvalue weighted by molar-refractivity contribution is -0.124. The highest BCUT2D eigenvalue weighted by Crippen LogP contribution is 2.16. The van der Waals surface area contributed by atoms with Crippen LogP contribution in [0.1, 0.15) is 25.7 Å². The predicted molar refractivity (Wildman–Crippen MR) is 89.4 cm³/mol. The van der Waals surface area contributed by atoms with Gasteiger partial charge in [0.25, 0.3) is 0 Å². The molecule has 0 bridgehead atoms. The molecule has 3 rings (SSSR count). The number of rotatable bonds is 7. The number of aromatic nitrogens is 1. The van der Waals surface area contributed by atoms with Gasteiger partial charge in [-0.2, -0.15) is 0 Å². The minimum atomic E-state index is -0.122. The molecule has 2 saturated heterocycles. The first-order valence-electron chi connectivity index (χ1n) is 8.72. The SMILES string of the molecule is O=C(CCCC1CNNC1)N[C@@H]1COCC[C@H]1Oc1ccccn1. The molecule has 0 radical (unpaired) electrons. The quantitative estimate of drug-likeness (QED) is 0.678. The summed E-state index contributed by atoms with van der Waals surface area (Å²) < 4.78 is 11.4. The Bertz CT molecular complexity index is 508. The van der Waals surface area contributed by atoms with Crippen LogP contribution >= 0.6 is 0 Å². The van der Waals surface area contributed by atoms with Gasteiger partial charge < -0.3 is 14.8 Å². The van der Waals surface area contributed by atoms with Gasteiger partial charge in [-0.1, -0.05) is 6.07 Å². The van der Waals surface area contributed by atoms with E-state index in [9.17, 15) is 4.79 Å². The molecule has 1 aromatic rings. The Kier molecular flexibility index (Phi) is 6.40. The van der Waals surface area contributed by atoms with Crippen LogP contribution in [-0.2, 0) is 9.53 Å². The lowest BCUT2D eigenvalue weighted by Gasteiger charge is -2.32. The molecule has 1 aromatic heterocycles. The van der Waals surface area contributed by atoms with Gasteiger partial charge >= 0.3 is 0 Å². The maximum absolute atomic E-state index is 12.2. The smallest absolute Gasteiger partial charge is 0.220 e. The Labute approximate surface area is 142 Å². The molecule has 2 atom stereocenters. The number of carbonyl (C=O) groups is 1. The fourth-order valence-electron chi connectivity index (χ4n) is 3.11. The lowest BCUT2D eigenvalue weighted by Crippen LogP contribution is -2.51. The van der Waals surface area contributed by atoms with E-state index in [2.05, 4.69) is 21.2 Å². The highest BCUT2D eigenvalue weighted by molar-refractivity contribution is 5.76. The Balaban J connectivity index is 1.43. The summed E-state index contributed by atoms with van der Waals surface area (Å²) in [4.78, 5) is 16.4. The third kappa shape index (κ3) is 5.15. The number of ether oxygens (including phenoxy) is 2. The molecule has 2 fully saturated rings. The third-order valence-corrected chi connectivity index (χ3v) is 4.47. The van der Waals surface area contributed by atoms with Crippen LogP contribution in [0.3, 0.4) is 0 Å². The second-order valence-corrected chi connectivity index (χ2v) is 6.38. The zero-order valence-corrected chi connectivity index (χ0v) is 13.9. The van der Waals surface area contributed by atoms with Crippen molar-refractivity contribution in [1.29, 1.82) is 0 Å². The van der Waals surface area contributed by atoms with E-state index in [0.29, 0.717) is 31.4 Å². The molecule has 2 aliphatic heterocycles. The van der Waals surface area contributed by atoms with Crippen molar-refractivity contribution in [2.75, 3.05) is 26.3 Å². The van der Waals surface area contributed by atoms with Crippen LogP contribution in [0.15, 0.2) is 24.4 Å². The molecule has 1 amide bonds. The Morgan fingerprint density at radius 3 is 3.04 bits per heavy atom. The van der Waals surface area contributed by atoms with Gasteiger partial charge in [-0.25, -0.2) is 4.98 Å². The number of hydrazine groups is 1. The predicted octanol–water partition coefficient (Wildman–Crippen LogP) is 0.628. The number of pyridine rings is 1. The van der Waals surface area contributed by atoms with Gasteiger partial charge in [0.05, 0.1) is 19.3 Å². The van der Waals surface area contributed by atoms with E-state index in [1.165, 1.54) is 0 Å². The average Bonchev–Trinajstić information content (AvgIpc) is 3.11. The maximum atomic E-state index is 12.2. The zero-order chi connectivity index (χ0) is 16.6. The summed E-state index contributed by atoms with van der Waals surface area (Å²) in [7, 11) is 0. The topological polar surface area (TPSA) is 84.5 Å². The Morgan fingerprint density at radius 2 is 2.25 bits per heavy atom. The fourth-order valence-corrected chi connectivity index (χ4v) is 3.11. The molecule has 2 aliphatic rings. The van der Waals surface area contributed by atoms with E-state index < -0.39 is 0 Å². The number of carbonyl (C=O) groups excluding carboxylic acids is 1. The molecule has 3 heterocycles. The first-order chi connectivity index (χ1) is 11.8. The minimum Gasteiger partial charge on any atom is -0.472 e. The van der Waals surface area contributed by atoms with Crippen LogP contribution < -0.4 is 20.9 Å². The van der Waals surface area contributed by atoms with Crippen molar-refractivity contribution < 1.29 is 14.3 Å². The fraction of sp³-hybridized carbons (Fsp3) is 0.647. The summed E-state index contributed by atoms with van der Waals surface area (Å²) in [5.74, 6) is 1.28. The van der Waals surface area contributed by atoms with Gasteiger partial charge in [-0.15, -0.1) is 0 Å². The number of nitrogens with zero attached hydrogens (tertiary/aromatic N) is 1. The molecular weight excluding hydrogens is 308 g/mol. The van der Waals surface area contributed by atoms with Gasteiger partial charge in [0, 0.05) is 38.2 Å². The monoisotopic (exact) mass is 334 g/mol. The van der Waals surface area contributed by atoms with Crippen LogP contribution in [0.5, 0.6) is 5.88 Å². The highest BCUT2D eigenvalue weighted by atomic mass is 16.5. The zero-order valence-electron chi connectivity index (χ0n) is 13.9. The van der Waals surface area contributed by atoms with Gasteiger partial charge in [0.1, 0.15) is 6.10 Å². The molecule has 132 valence electrons. The van der Waals surface area contributed by atoms with E-state index in [-0.39, 0.29) is 18.1 Å². The van der Waals surface area contributed by atoms with Crippen LogP contribution in [0.25, 0.3) is 0 Å². The normalized spacial score (nSPS) is 24.7. The molecule has 7 heteroatoms. The lowest BCUT2D eigenvalue weighted by atomic mass is 10.0. The number of hydrogen-bond acceptors (Lipinski definition) is 6. The molecule has 3 N–H and O–H groups in total. The number of amides is 1. The largest absolute Gasteiger partial charge is 0.472 e. The second kappa shape index (κ2) is 8.96. The van der Waals surface area contributed by atoms with Gasteiger partial charge in [0.15, 0.2) is 0 Å². The van der Waals surface area contributed by atoms with E-state index in [0.717, 1.165) is 32.4 Å². The first-order valence-corrected chi connectivity index (χ1v) is 8.72. The summed E-state index contributed by atoms with van der Waals surface area (Å²) in [5.41, 5.74) is 6.23. The molecular formula is C17H26N4O3. The first kappa shape index (κ1) is 17.1. The molecule has 24 heavy (non-hydrogen) atoms. The van der Waals surface area contributed by atoms with E-state index in [1.807, 2.05) is 18.2 Å². The van der Waals surface area contributed by atoms with Crippen molar-refractivity contribution >= 4 is 5.91 Å². The summed E-state index contributed by atoms with van der Waals surface area (Å²) in [5, 5.41) is 3.07. The van der Waals surface area contributed by atoms with Gasteiger partial charge in [-0.05, 0) is 24.8 Å². The summed E-state index contributed by atoms with van der Waals surface area (Å²) >= 11 is 0. The number of hydrogen-bond donors (Lipinski definition) is 3. The minimum absolute atomic E-state index is 0.0686. The van der Waals surface area contributed by atoms with Crippen molar-refractivity contribution in [3.05, 3.63) is 24.4 Å². The average molecular weight is 334 g/mol. The van der Waals surface area contributed by atoms with Crippen molar-refractivity contribution in [3.63, 3.8) is 0 Å². The Morgan fingerprint density at radius 1 is 1.38 bits per heavy atom. The van der Waals surface area contributed by atoms with Crippen molar-refractivity contribution in [3.8, 4) is 5.88 Å². The van der Waals surface area contributed by atoms with Gasteiger partial charge in [-0.3, -0.25) is 15.6 Å². The summed E-state index contributed by atoms with van der Waals surface area (Å²) in [6.07, 6.45) is 4.86. The molecule has 0 aromatic carbocycles. The van der Waals surface area contributed by atoms with Crippen LogP contribution in [0, 0.1) is 5.92 Å². The van der Waals surface area contributed by atoms with Crippen molar-refractivity contribution in [2.45, 2.75) is 37.8 Å². The van der Waals surface area contributed by atoms with Crippen LogP contribution in [0.4, 0.5) is 0 Å². The highest BCUT2D eigenvalue weighted by Gasteiger charge is 2.29. The standard InChI is InChI=1S/C17H26N4O3/c22-16(5-3-4-13-10-19-20-11-13)21-14-12-23-9-7-15(14)24-17-6-1-2-8-18-17/h1-2,6,8,13-15,19-20H,3-5,7,9-12H2,(H,21,22)/t14-,15-/m1/s1. The molecule has 0 aliphatic carbocycles. The van der Waals surface area contributed by atoms with Crippen molar-refractivity contribution in [1.82, 2.24) is 21.2 Å². The van der Waals surface area contributed by atoms with Crippen LogP contribution in [0.2, 0.25) is 0 Å². The summed E-state index contributed by atoms with van der Waals surface area (Å²) in [6.45, 7) is 3.10. The summed E-state index contributed by atoms with van der Waals surface area (Å²) in [6, 6.07) is 5.45. The van der Waals surface area contributed by atoms with E-state index >= 15 is 0 Å². The van der Waals surface area contributed by atoms with E-state index in [4.69, 9.17) is 9.47 Å². The van der Waals surface area contributed by atoms with Gasteiger partial charge in [0.2, 0.25) is 11.8 Å². The second-order valence-electron chi connectivity index (χ2n) is 6.38. The van der Waals surface area contributed by atoms with Crippen molar-refractivity contribution in [2.24, 2.45) is 5.92 Å². The number of nitrogens with one attached hydrogen (secondary N) is 3. The molecule has 7 nitrogen and oxygen atoms in total. The maximum Gasteiger partial charge on any atom is 0.220 e. The molecule has 0 unspecified atom stereocenters. The molecule has 0 saturated carbocycles.